The van der Waals surface area contributed by atoms with E-state index in [1.165, 1.54) is 12.5 Å². The van der Waals surface area contributed by atoms with Crippen LogP contribution >= 0.6 is 0 Å². The quantitative estimate of drug-likeness (QED) is 0.555. The average Bonchev–Trinajstić information content (AvgIpc) is 3.42. The van der Waals surface area contributed by atoms with Crippen molar-refractivity contribution in [2.45, 2.75) is 0 Å². The summed E-state index contributed by atoms with van der Waals surface area (Å²) in [7, 11) is 0. The molecule has 4 rings (SSSR count). The number of furan rings is 1. The molecule has 2 aromatic carbocycles. The van der Waals surface area contributed by atoms with Gasteiger partial charge in [-0.1, -0.05) is 18.2 Å². The van der Waals surface area contributed by atoms with Crippen LogP contribution in [0.5, 0.6) is 0 Å². The summed E-state index contributed by atoms with van der Waals surface area (Å²) in [5, 5.41) is 9.75. The molecule has 0 spiro atoms. The number of rotatable bonds is 5. The Morgan fingerprint density at radius 2 is 1.50 bits per heavy atom. The first kappa shape index (κ1) is 17.3. The van der Waals surface area contributed by atoms with Crippen molar-refractivity contribution in [2.24, 2.45) is 0 Å². The minimum Gasteiger partial charge on any atom is -0.459 e. The Hall–Kier alpha value is -4.13. The number of hydrogen-bond donors (Lipinski definition) is 2. The van der Waals surface area contributed by atoms with Crippen molar-refractivity contribution in [1.82, 2.24) is 9.78 Å². The Labute approximate surface area is 160 Å². The van der Waals surface area contributed by atoms with Crippen LogP contribution in [0.2, 0.25) is 0 Å². The van der Waals surface area contributed by atoms with Gasteiger partial charge in [0.1, 0.15) is 0 Å². The zero-order valence-electron chi connectivity index (χ0n) is 14.7. The third-order valence-electron chi connectivity index (χ3n) is 4.01. The van der Waals surface area contributed by atoms with Crippen LogP contribution in [0.15, 0.2) is 89.8 Å². The van der Waals surface area contributed by atoms with E-state index in [9.17, 15) is 9.59 Å². The molecule has 0 atom stereocenters. The van der Waals surface area contributed by atoms with Gasteiger partial charge >= 0.3 is 0 Å². The molecule has 0 unspecified atom stereocenters. The molecule has 2 aromatic heterocycles. The van der Waals surface area contributed by atoms with E-state index in [-0.39, 0.29) is 17.6 Å². The van der Waals surface area contributed by atoms with Crippen molar-refractivity contribution < 1.29 is 14.0 Å². The summed E-state index contributed by atoms with van der Waals surface area (Å²) in [5.74, 6) is -0.377. The van der Waals surface area contributed by atoms with Gasteiger partial charge in [-0.3, -0.25) is 9.59 Å². The van der Waals surface area contributed by atoms with Crippen LogP contribution < -0.4 is 10.6 Å². The van der Waals surface area contributed by atoms with Crippen LogP contribution in [0.25, 0.3) is 5.69 Å². The molecular formula is C21H16N4O3. The van der Waals surface area contributed by atoms with Crippen molar-refractivity contribution in [3.63, 3.8) is 0 Å². The highest BCUT2D eigenvalue weighted by Crippen LogP contribution is 2.16. The maximum absolute atomic E-state index is 12.4. The van der Waals surface area contributed by atoms with Gasteiger partial charge in [-0.15, -0.1) is 0 Å². The first-order chi connectivity index (χ1) is 13.7. The first-order valence-corrected chi connectivity index (χ1v) is 8.55. The Balaban J connectivity index is 1.40. The predicted octanol–water partition coefficient (Wildman–Crippen LogP) is 3.97. The van der Waals surface area contributed by atoms with E-state index in [1.54, 1.807) is 47.3 Å². The minimum absolute atomic E-state index is 0.229. The van der Waals surface area contributed by atoms with E-state index in [2.05, 4.69) is 15.7 Å². The van der Waals surface area contributed by atoms with Gasteiger partial charge in [-0.2, -0.15) is 5.10 Å². The number of benzene rings is 2. The summed E-state index contributed by atoms with van der Waals surface area (Å²) in [6.45, 7) is 0. The van der Waals surface area contributed by atoms with Gasteiger partial charge in [0.15, 0.2) is 5.76 Å². The molecule has 0 fully saturated rings. The van der Waals surface area contributed by atoms with Crippen molar-refractivity contribution in [3.05, 3.63) is 96.7 Å². The Bertz CT molecular complexity index is 1080. The smallest absolute Gasteiger partial charge is 0.291 e. The monoisotopic (exact) mass is 372 g/mol. The number of nitrogens with one attached hydrogen (secondary N) is 2. The number of aromatic nitrogens is 2. The summed E-state index contributed by atoms with van der Waals surface area (Å²) >= 11 is 0. The van der Waals surface area contributed by atoms with E-state index in [0.717, 1.165) is 5.69 Å². The fraction of sp³-hybridized carbons (Fsp3) is 0. The molecule has 0 aliphatic carbocycles. The molecule has 4 aromatic rings. The molecule has 138 valence electrons. The minimum atomic E-state index is -0.338. The summed E-state index contributed by atoms with van der Waals surface area (Å²) in [4.78, 5) is 24.4. The van der Waals surface area contributed by atoms with Crippen LogP contribution in [0.1, 0.15) is 20.9 Å². The highest BCUT2D eigenvalue weighted by Gasteiger charge is 2.11. The third-order valence-corrected chi connectivity index (χ3v) is 4.01. The molecule has 0 bridgehead atoms. The van der Waals surface area contributed by atoms with Gasteiger partial charge in [0.2, 0.25) is 0 Å². The lowest BCUT2D eigenvalue weighted by Gasteiger charge is -2.06. The third kappa shape index (κ3) is 3.83. The lowest BCUT2D eigenvalue weighted by Crippen LogP contribution is -2.12. The van der Waals surface area contributed by atoms with Crippen molar-refractivity contribution >= 4 is 23.2 Å². The molecule has 2 heterocycles. The second kappa shape index (κ2) is 7.63. The molecule has 0 radical (unpaired) electrons. The van der Waals surface area contributed by atoms with E-state index < -0.39 is 0 Å². The van der Waals surface area contributed by atoms with E-state index in [0.29, 0.717) is 16.9 Å². The second-order valence-electron chi connectivity index (χ2n) is 5.97. The standard InChI is InChI=1S/C21H16N4O3/c26-20(15-13-22-25(14-15)18-5-2-1-3-6-18)23-16-8-10-17(11-9-16)24-21(27)19-7-4-12-28-19/h1-14H,(H,23,26)(H,24,27). The van der Waals surface area contributed by atoms with Crippen molar-refractivity contribution in [1.29, 1.82) is 0 Å². The van der Waals surface area contributed by atoms with Gasteiger partial charge < -0.3 is 15.1 Å². The zero-order valence-corrected chi connectivity index (χ0v) is 14.7. The summed E-state index contributed by atoms with van der Waals surface area (Å²) in [6.07, 6.45) is 4.62. The SMILES string of the molecule is O=C(Nc1ccc(NC(=O)c2ccco2)cc1)c1cnn(-c2ccccc2)c1. The molecule has 2 amide bonds. The van der Waals surface area contributed by atoms with Crippen LogP contribution in [0.3, 0.4) is 0 Å². The number of para-hydroxylation sites is 1. The molecule has 0 aliphatic rings. The van der Waals surface area contributed by atoms with E-state index in [1.807, 2.05) is 30.3 Å². The number of carbonyl (C=O) groups is 2. The van der Waals surface area contributed by atoms with Gasteiger partial charge in [0.25, 0.3) is 11.8 Å². The van der Waals surface area contributed by atoms with Crippen LogP contribution in [0, 0.1) is 0 Å². The number of nitrogens with zero attached hydrogens (tertiary/aromatic N) is 2. The van der Waals surface area contributed by atoms with Gasteiger partial charge in [-0.25, -0.2) is 4.68 Å². The highest BCUT2D eigenvalue weighted by molar-refractivity contribution is 6.04. The number of hydrogen-bond acceptors (Lipinski definition) is 4. The topological polar surface area (TPSA) is 89.2 Å². The Kier molecular flexibility index (Phi) is 4.71. The fourth-order valence-electron chi connectivity index (χ4n) is 2.60. The summed E-state index contributed by atoms with van der Waals surface area (Å²) in [6, 6.07) is 19.6. The molecule has 0 saturated heterocycles. The van der Waals surface area contributed by atoms with Crippen LogP contribution in [0.4, 0.5) is 11.4 Å². The zero-order chi connectivity index (χ0) is 19.3. The number of carbonyl (C=O) groups excluding carboxylic acids is 2. The Morgan fingerprint density at radius 1 is 0.821 bits per heavy atom. The average molecular weight is 372 g/mol. The largest absolute Gasteiger partial charge is 0.459 e. The molecule has 28 heavy (non-hydrogen) atoms. The second-order valence-corrected chi connectivity index (χ2v) is 5.97. The number of amides is 2. The van der Waals surface area contributed by atoms with Crippen LogP contribution in [-0.4, -0.2) is 21.6 Å². The first-order valence-electron chi connectivity index (χ1n) is 8.55. The summed E-state index contributed by atoms with van der Waals surface area (Å²) in [5.41, 5.74) is 2.52. The van der Waals surface area contributed by atoms with Crippen molar-refractivity contribution in [2.75, 3.05) is 10.6 Å². The predicted molar refractivity (Wildman–Crippen MR) is 105 cm³/mol. The lowest BCUT2D eigenvalue weighted by atomic mass is 10.2. The van der Waals surface area contributed by atoms with E-state index in [4.69, 9.17) is 4.42 Å². The molecular weight excluding hydrogens is 356 g/mol. The Morgan fingerprint density at radius 3 is 2.14 bits per heavy atom. The van der Waals surface area contributed by atoms with Gasteiger partial charge in [0.05, 0.1) is 23.7 Å². The molecule has 7 heteroatoms. The number of anilines is 2. The fourth-order valence-corrected chi connectivity index (χ4v) is 2.60. The molecule has 2 N–H and O–H groups in total. The summed E-state index contributed by atoms with van der Waals surface area (Å²) < 4.78 is 6.69. The highest BCUT2D eigenvalue weighted by atomic mass is 16.3. The molecule has 0 aliphatic heterocycles. The molecule has 0 saturated carbocycles. The van der Waals surface area contributed by atoms with E-state index >= 15 is 0 Å². The normalized spacial score (nSPS) is 10.4. The lowest BCUT2D eigenvalue weighted by molar-refractivity contribution is 0.0994. The molecule has 7 nitrogen and oxygen atoms in total. The van der Waals surface area contributed by atoms with Gasteiger partial charge in [0, 0.05) is 17.6 Å². The van der Waals surface area contributed by atoms with Crippen LogP contribution in [-0.2, 0) is 0 Å². The maximum Gasteiger partial charge on any atom is 0.291 e. The maximum atomic E-state index is 12.4. The van der Waals surface area contributed by atoms with Crippen molar-refractivity contribution in [3.8, 4) is 5.69 Å². The van der Waals surface area contributed by atoms with Gasteiger partial charge in [-0.05, 0) is 48.5 Å².